The number of nitrogens with two attached hydrogens (primary N) is 1. The molecule has 1 fully saturated rings. The highest BCUT2D eigenvalue weighted by molar-refractivity contribution is 7.83. The van der Waals surface area contributed by atoms with Gasteiger partial charge in [0, 0.05) is 5.25 Å². The molecule has 6 heteroatoms. The van der Waals surface area contributed by atoms with Crippen molar-refractivity contribution < 1.29 is 17.4 Å². The summed E-state index contributed by atoms with van der Waals surface area (Å²) < 4.78 is 49.5. The molecule has 0 aliphatic heterocycles. The molecule has 0 heterocycles. The molecule has 1 aromatic carbocycles. The van der Waals surface area contributed by atoms with Crippen LogP contribution in [0.4, 0.5) is 13.2 Å². The van der Waals surface area contributed by atoms with Gasteiger partial charge < -0.3 is 0 Å². The van der Waals surface area contributed by atoms with Crippen molar-refractivity contribution in [1.29, 1.82) is 0 Å². The van der Waals surface area contributed by atoms with E-state index < -0.39 is 22.7 Å². The molecule has 5 atom stereocenters. The fourth-order valence-corrected chi connectivity index (χ4v) is 3.81. The number of alkyl halides is 3. The summed E-state index contributed by atoms with van der Waals surface area (Å²) >= 11 is 0. The van der Waals surface area contributed by atoms with Crippen LogP contribution in [0.2, 0.25) is 0 Å². The third-order valence-corrected chi connectivity index (χ3v) is 5.54. The first kappa shape index (κ1) is 14.1. The van der Waals surface area contributed by atoms with Crippen LogP contribution in [0, 0.1) is 5.92 Å². The van der Waals surface area contributed by atoms with Gasteiger partial charge in [0.05, 0.1) is 16.5 Å². The van der Waals surface area contributed by atoms with Gasteiger partial charge >= 0.3 is 6.18 Å². The minimum absolute atomic E-state index is 0.130. The van der Waals surface area contributed by atoms with E-state index in [9.17, 15) is 17.4 Å². The predicted octanol–water partition coefficient (Wildman–Crippen LogP) is 3.31. The van der Waals surface area contributed by atoms with Gasteiger partial charge in [-0.05, 0) is 60.8 Å². The highest BCUT2D eigenvalue weighted by atomic mass is 32.2. The molecule has 1 aromatic rings. The lowest BCUT2D eigenvalue weighted by Crippen LogP contribution is -2.21. The Labute approximate surface area is 118 Å². The number of hydrogen-bond donors (Lipinski definition) is 1. The molecule has 110 valence electrons. The average Bonchev–Trinajstić information content (AvgIpc) is 3.08. The van der Waals surface area contributed by atoms with Gasteiger partial charge in [-0.15, -0.1) is 0 Å². The third kappa shape index (κ3) is 2.29. The molecule has 0 bridgehead atoms. The van der Waals surface area contributed by atoms with Crippen molar-refractivity contribution in [1.82, 2.24) is 0 Å². The average molecular weight is 303 g/mol. The van der Waals surface area contributed by atoms with Crippen LogP contribution in [-0.4, -0.2) is 9.46 Å². The van der Waals surface area contributed by atoms with E-state index in [4.69, 9.17) is 5.14 Å². The lowest BCUT2D eigenvalue weighted by Gasteiger charge is -2.19. The Morgan fingerprint density at radius 2 is 2.10 bits per heavy atom. The molecule has 0 radical (unpaired) electrons. The van der Waals surface area contributed by atoms with E-state index >= 15 is 0 Å². The van der Waals surface area contributed by atoms with Crippen LogP contribution in [0.3, 0.4) is 0 Å². The maximum Gasteiger partial charge on any atom is 0.416 e. The minimum atomic E-state index is -4.29. The van der Waals surface area contributed by atoms with Crippen LogP contribution in [0.25, 0.3) is 0 Å². The molecule has 0 spiro atoms. The molecular formula is C14H16F3NOS. The Balaban J connectivity index is 1.89. The predicted molar refractivity (Wildman–Crippen MR) is 71.4 cm³/mol. The van der Waals surface area contributed by atoms with Gasteiger partial charge in [0.2, 0.25) is 0 Å². The normalized spacial score (nSPS) is 30.6. The SMILES string of the molecule is CC(C[C@@H]1c2ccc(C(F)(F)F)cc2[C@@H]2C[C@H]12)S(N)=O. The summed E-state index contributed by atoms with van der Waals surface area (Å²) in [4.78, 5) is 0. The van der Waals surface area contributed by atoms with Gasteiger partial charge in [0.25, 0.3) is 0 Å². The number of rotatable bonds is 3. The topological polar surface area (TPSA) is 43.1 Å². The van der Waals surface area contributed by atoms with Crippen LogP contribution in [0.1, 0.15) is 48.3 Å². The number of fused-ring (bicyclic) bond motifs is 3. The Bertz CT molecular complexity index is 572. The van der Waals surface area contributed by atoms with Crippen molar-refractivity contribution in [3.05, 3.63) is 34.9 Å². The summed E-state index contributed by atoms with van der Waals surface area (Å²) in [6, 6.07) is 4.05. The van der Waals surface area contributed by atoms with Crippen molar-refractivity contribution in [3.8, 4) is 0 Å². The molecular weight excluding hydrogens is 287 g/mol. The molecule has 0 aromatic heterocycles. The minimum Gasteiger partial charge on any atom is -0.252 e. The van der Waals surface area contributed by atoms with E-state index in [-0.39, 0.29) is 17.1 Å². The molecule has 2 N–H and O–H groups in total. The van der Waals surface area contributed by atoms with Crippen LogP contribution in [0.15, 0.2) is 18.2 Å². The lowest BCUT2D eigenvalue weighted by atomic mass is 9.91. The fraction of sp³-hybridized carbons (Fsp3) is 0.571. The van der Waals surface area contributed by atoms with E-state index in [1.54, 1.807) is 6.07 Å². The van der Waals surface area contributed by atoms with Gasteiger partial charge in [-0.2, -0.15) is 13.2 Å². The molecule has 2 aliphatic rings. The summed E-state index contributed by atoms with van der Waals surface area (Å²) in [5, 5.41) is 5.27. The van der Waals surface area contributed by atoms with E-state index in [2.05, 4.69) is 0 Å². The quantitative estimate of drug-likeness (QED) is 0.914. The van der Waals surface area contributed by atoms with Gasteiger partial charge in [-0.1, -0.05) is 6.07 Å². The molecule has 3 rings (SSSR count). The second-order valence-electron chi connectivity index (χ2n) is 5.83. The molecule has 0 amide bonds. The Hall–Kier alpha value is -0.880. The lowest BCUT2D eigenvalue weighted by molar-refractivity contribution is -0.137. The first-order valence-electron chi connectivity index (χ1n) is 6.65. The van der Waals surface area contributed by atoms with Crippen LogP contribution >= 0.6 is 0 Å². The van der Waals surface area contributed by atoms with Crippen LogP contribution in [0.5, 0.6) is 0 Å². The fourth-order valence-electron chi connectivity index (χ4n) is 3.41. The summed E-state index contributed by atoms with van der Waals surface area (Å²) in [6.07, 6.45) is -2.66. The summed E-state index contributed by atoms with van der Waals surface area (Å²) in [7, 11) is -1.38. The maximum absolute atomic E-state index is 12.8. The molecule has 2 nitrogen and oxygen atoms in total. The van der Waals surface area contributed by atoms with Crippen molar-refractivity contribution >= 4 is 11.0 Å². The maximum atomic E-state index is 12.8. The van der Waals surface area contributed by atoms with Crippen molar-refractivity contribution in [2.75, 3.05) is 0 Å². The monoisotopic (exact) mass is 303 g/mol. The molecule has 20 heavy (non-hydrogen) atoms. The molecule has 0 saturated heterocycles. The second-order valence-corrected chi connectivity index (χ2v) is 7.29. The van der Waals surface area contributed by atoms with Crippen molar-refractivity contribution in [2.45, 2.75) is 43.0 Å². The molecule has 2 unspecified atom stereocenters. The summed E-state index contributed by atoms with van der Waals surface area (Å²) in [5.74, 6) is 0.884. The Morgan fingerprint density at radius 1 is 1.40 bits per heavy atom. The zero-order valence-corrected chi connectivity index (χ0v) is 11.8. The Kier molecular flexibility index (Phi) is 3.21. The Morgan fingerprint density at radius 3 is 2.70 bits per heavy atom. The van der Waals surface area contributed by atoms with Crippen LogP contribution in [-0.2, 0) is 17.2 Å². The smallest absolute Gasteiger partial charge is 0.252 e. The van der Waals surface area contributed by atoms with Gasteiger partial charge in [-0.3, -0.25) is 5.14 Å². The van der Waals surface area contributed by atoms with E-state index in [0.717, 1.165) is 23.6 Å². The molecule has 2 aliphatic carbocycles. The van der Waals surface area contributed by atoms with E-state index in [1.807, 2.05) is 6.92 Å². The van der Waals surface area contributed by atoms with Crippen LogP contribution < -0.4 is 5.14 Å². The van der Waals surface area contributed by atoms with Gasteiger partial charge in [-0.25, -0.2) is 4.21 Å². The second kappa shape index (κ2) is 4.56. The summed E-state index contributed by atoms with van der Waals surface area (Å²) in [5.41, 5.74) is 1.26. The van der Waals surface area contributed by atoms with Gasteiger partial charge in [0.1, 0.15) is 0 Å². The van der Waals surface area contributed by atoms with Crippen molar-refractivity contribution in [2.24, 2.45) is 11.1 Å². The first-order chi connectivity index (χ1) is 9.29. The van der Waals surface area contributed by atoms with Crippen molar-refractivity contribution in [3.63, 3.8) is 0 Å². The number of benzene rings is 1. The summed E-state index contributed by atoms with van der Waals surface area (Å²) in [6.45, 7) is 1.83. The number of hydrogen-bond acceptors (Lipinski definition) is 1. The standard InChI is InChI=1S/C14H16F3NOS/c1-7(20(18)19)4-10-9-3-2-8(14(15,16)17)5-11(9)13-6-12(10)13/h2-3,5,7,10,12-13H,4,6,18H2,1H3/t7?,10-,12-,13+,20?/m1/s1. The zero-order chi connectivity index (χ0) is 14.7. The van der Waals surface area contributed by atoms with E-state index in [1.165, 1.54) is 6.07 Å². The molecule has 1 saturated carbocycles. The van der Waals surface area contributed by atoms with Gasteiger partial charge in [0.15, 0.2) is 0 Å². The zero-order valence-electron chi connectivity index (χ0n) is 11.0. The third-order valence-electron chi connectivity index (χ3n) is 4.55. The first-order valence-corrected chi connectivity index (χ1v) is 7.92. The van der Waals surface area contributed by atoms with E-state index in [0.29, 0.717) is 12.3 Å². The highest BCUT2D eigenvalue weighted by Gasteiger charge is 2.52. The largest absolute Gasteiger partial charge is 0.416 e. The number of halogens is 3. The highest BCUT2D eigenvalue weighted by Crippen LogP contribution is 2.64.